The van der Waals surface area contributed by atoms with Crippen molar-refractivity contribution >= 4 is 17.5 Å². The van der Waals surface area contributed by atoms with Crippen LogP contribution in [0.2, 0.25) is 0 Å². The maximum absolute atomic E-state index is 11.7. The van der Waals surface area contributed by atoms with E-state index in [4.69, 9.17) is 0 Å². The Morgan fingerprint density at radius 3 is 2.92 bits per heavy atom. The number of hydrogen-bond acceptors (Lipinski definition) is 3. The summed E-state index contributed by atoms with van der Waals surface area (Å²) in [5.74, 6) is 1.20. The van der Waals surface area contributed by atoms with Gasteiger partial charge in [-0.15, -0.1) is 18.3 Å². The van der Waals surface area contributed by atoms with Gasteiger partial charge in [0, 0.05) is 17.0 Å². The average molecular weight is 199 g/mol. The van der Waals surface area contributed by atoms with Gasteiger partial charge in [0.25, 0.3) is 0 Å². The number of nitrogens with one attached hydrogen (secondary N) is 1. The fraction of sp³-hybridized carbons (Fsp3) is 0.700. The Balaban J connectivity index is 2.51. The highest BCUT2D eigenvalue weighted by molar-refractivity contribution is 8.00. The molecule has 0 aromatic heterocycles. The van der Waals surface area contributed by atoms with E-state index in [1.54, 1.807) is 6.08 Å². The van der Waals surface area contributed by atoms with E-state index < -0.39 is 0 Å². The SMILES string of the molecule is C=CCCC(=O)[C@H]1NCSC1(C)C. The van der Waals surface area contributed by atoms with Crippen LogP contribution >= 0.6 is 11.8 Å². The first-order valence-electron chi connectivity index (χ1n) is 4.59. The molecule has 0 saturated carbocycles. The Bertz CT molecular complexity index is 213. The predicted octanol–water partition coefficient (Wildman–Crippen LogP) is 1.96. The molecule has 1 saturated heterocycles. The topological polar surface area (TPSA) is 29.1 Å². The van der Waals surface area contributed by atoms with Gasteiger partial charge in [0.15, 0.2) is 5.78 Å². The lowest BCUT2D eigenvalue weighted by atomic mass is 9.96. The van der Waals surface area contributed by atoms with E-state index in [0.29, 0.717) is 12.2 Å². The molecule has 0 aromatic rings. The number of carbonyl (C=O) groups excluding carboxylic acids is 1. The smallest absolute Gasteiger partial charge is 0.151 e. The van der Waals surface area contributed by atoms with Gasteiger partial charge in [-0.2, -0.15) is 0 Å². The summed E-state index contributed by atoms with van der Waals surface area (Å²) in [5.41, 5.74) is 0. The molecule has 1 N–H and O–H groups in total. The minimum Gasteiger partial charge on any atom is -0.298 e. The number of ketones is 1. The summed E-state index contributed by atoms with van der Waals surface area (Å²) in [4.78, 5) is 11.7. The van der Waals surface area contributed by atoms with E-state index in [1.165, 1.54) is 0 Å². The summed E-state index contributed by atoms with van der Waals surface area (Å²) in [6.45, 7) is 7.86. The molecule has 2 nitrogen and oxygen atoms in total. The number of carbonyl (C=O) groups is 1. The second-order valence-electron chi connectivity index (χ2n) is 3.82. The minimum atomic E-state index is 0.0254. The molecule has 0 radical (unpaired) electrons. The maximum atomic E-state index is 11.7. The molecule has 0 aromatic carbocycles. The molecule has 1 fully saturated rings. The molecule has 74 valence electrons. The Kier molecular flexibility index (Phi) is 3.56. The Hall–Kier alpha value is -0.280. The summed E-state index contributed by atoms with van der Waals surface area (Å²) < 4.78 is 0.0538. The second-order valence-corrected chi connectivity index (χ2v) is 5.45. The maximum Gasteiger partial charge on any atom is 0.151 e. The fourth-order valence-electron chi connectivity index (χ4n) is 1.53. The van der Waals surface area contributed by atoms with Crippen molar-refractivity contribution in [1.82, 2.24) is 5.32 Å². The number of hydrogen-bond donors (Lipinski definition) is 1. The highest BCUT2D eigenvalue weighted by Gasteiger charge is 2.39. The van der Waals surface area contributed by atoms with E-state index in [2.05, 4.69) is 25.7 Å². The van der Waals surface area contributed by atoms with Crippen molar-refractivity contribution in [1.29, 1.82) is 0 Å². The van der Waals surface area contributed by atoms with Crippen molar-refractivity contribution in [2.75, 3.05) is 5.88 Å². The summed E-state index contributed by atoms with van der Waals surface area (Å²) in [6, 6.07) is 0.0254. The van der Waals surface area contributed by atoms with Crippen LogP contribution in [0, 0.1) is 0 Å². The number of rotatable bonds is 4. The van der Waals surface area contributed by atoms with Crippen LogP contribution in [0.5, 0.6) is 0 Å². The van der Waals surface area contributed by atoms with Gasteiger partial charge in [-0.3, -0.25) is 10.1 Å². The molecular weight excluding hydrogens is 182 g/mol. The molecule has 0 bridgehead atoms. The second kappa shape index (κ2) is 4.29. The lowest BCUT2D eigenvalue weighted by Gasteiger charge is -2.23. The van der Waals surface area contributed by atoms with Gasteiger partial charge in [-0.1, -0.05) is 6.08 Å². The third-order valence-electron chi connectivity index (χ3n) is 2.34. The van der Waals surface area contributed by atoms with Crippen LogP contribution in [0.4, 0.5) is 0 Å². The molecular formula is C10H17NOS. The average Bonchev–Trinajstić information content (AvgIpc) is 2.41. The molecule has 0 amide bonds. The first-order chi connectivity index (χ1) is 6.08. The molecule has 1 atom stereocenters. The van der Waals surface area contributed by atoms with Crippen LogP contribution in [-0.4, -0.2) is 22.4 Å². The number of thioether (sulfide) groups is 1. The molecule has 3 heteroatoms. The van der Waals surface area contributed by atoms with Gasteiger partial charge in [0.05, 0.1) is 6.04 Å². The van der Waals surface area contributed by atoms with Crippen molar-refractivity contribution < 1.29 is 4.79 Å². The van der Waals surface area contributed by atoms with Crippen molar-refractivity contribution in [3.63, 3.8) is 0 Å². The van der Waals surface area contributed by atoms with Crippen LogP contribution in [-0.2, 0) is 4.79 Å². The van der Waals surface area contributed by atoms with Gasteiger partial charge in [0.1, 0.15) is 0 Å². The largest absolute Gasteiger partial charge is 0.298 e. The van der Waals surface area contributed by atoms with Crippen molar-refractivity contribution in [2.24, 2.45) is 0 Å². The zero-order chi connectivity index (χ0) is 9.90. The van der Waals surface area contributed by atoms with Crippen LogP contribution in [0.1, 0.15) is 26.7 Å². The third kappa shape index (κ3) is 2.58. The van der Waals surface area contributed by atoms with Gasteiger partial charge in [-0.05, 0) is 20.3 Å². The summed E-state index contributed by atoms with van der Waals surface area (Å²) in [7, 11) is 0. The standard InChI is InChI=1S/C10H17NOS/c1-4-5-6-8(12)9-10(2,3)13-7-11-9/h4,9,11H,1,5-7H2,2-3H3/t9-/m1/s1. The van der Waals surface area contributed by atoms with Gasteiger partial charge >= 0.3 is 0 Å². The molecule has 1 heterocycles. The lowest BCUT2D eigenvalue weighted by Crippen LogP contribution is -2.43. The van der Waals surface area contributed by atoms with Crippen molar-refractivity contribution in [3.05, 3.63) is 12.7 Å². The van der Waals surface area contributed by atoms with E-state index in [9.17, 15) is 4.79 Å². The van der Waals surface area contributed by atoms with E-state index >= 15 is 0 Å². The van der Waals surface area contributed by atoms with E-state index in [0.717, 1.165) is 12.3 Å². The summed E-state index contributed by atoms with van der Waals surface area (Å²) in [5, 5.41) is 3.23. The van der Waals surface area contributed by atoms with Crippen molar-refractivity contribution in [2.45, 2.75) is 37.5 Å². The molecule has 13 heavy (non-hydrogen) atoms. The third-order valence-corrected chi connectivity index (χ3v) is 3.63. The molecule has 1 rings (SSSR count). The highest BCUT2D eigenvalue weighted by atomic mass is 32.2. The van der Waals surface area contributed by atoms with Crippen LogP contribution in [0.3, 0.4) is 0 Å². The van der Waals surface area contributed by atoms with Gasteiger partial charge < -0.3 is 0 Å². The van der Waals surface area contributed by atoms with Crippen LogP contribution < -0.4 is 5.32 Å². The molecule has 0 spiro atoms. The summed E-state index contributed by atoms with van der Waals surface area (Å²) >= 11 is 1.81. The predicted molar refractivity (Wildman–Crippen MR) is 57.9 cm³/mol. The zero-order valence-corrected chi connectivity index (χ0v) is 9.12. The Labute approximate surface area is 84.2 Å². The molecule has 0 unspecified atom stereocenters. The van der Waals surface area contributed by atoms with Gasteiger partial charge in [0.2, 0.25) is 0 Å². The highest BCUT2D eigenvalue weighted by Crippen LogP contribution is 2.33. The van der Waals surface area contributed by atoms with Crippen LogP contribution in [0.25, 0.3) is 0 Å². The molecule has 1 aliphatic rings. The quantitative estimate of drug-likeness (QED) is 0.702. The Morgan fingerprint density at radius 2 is 2.46 bits per heavy atom. The molecule has 0 aliphatic carbocycles. The summed E-state index contributed by atoms with van der Waals surface area (Å²) in [6.07, 6.45) is 3.20. The van der Waals surface area contributed by atoms with E-state index in [-0.39, 0.29) is 10.8 Å². The Morgan fingerprint density at radius 1 is 1.77 bits per heavy atom. The number of allylic oxidation sites excluding steroid dienone is 1. The van der Waals surface area contributed by atoms with E-state index in [1.807, 2.05) is 11.8 Å². The van der Waals surface area contributed by atoms with Crippen molar-refractivity contribution in [3.8, 4) is 0 Å². The van der Waals surface area contributed by atoms with Gasteiger partial charge in [-0.25, -0.2) is 0 Å². The fourth-order valence-corrected chi connectivity index (χ4v) is 2.53. The zero-order valence-electron chi connectivity index (χ0n) is 8.30. The first-order valence-corrected chi connectivity index (χ1v) is 5.57. The number of Topliss-reactive ketones (excluding diaryl/α,β-unsaturated/α-hetero) is 1. The van der Waals surface area contributed by atoms with Crippen LogP contribution in [0.15, 0.2) is 12.7 Å². The minimum absolute atomic E-state index is 0.0254. The lowest BCUT2D eigenvalue weighted by molar-refractivity contribution is -0.121. The molecule has 1 aliphatic heterocycles. The monoisotopic (exact) mass is 199 g/mol. The normalized spacial score (nSPS) is 25.8. The first kappa shape index (κ1) is 10.8.